The number of rotatable bonds is 7. The van der Waals surface area contributed by atoms with Crippen LogP contribution < -0.4 is 9.05 Å². The number of benzene rings is 3. The molecule has 0 saturated heterocycles. The first-order valence-electron chi connectivity index (χ1n) is 8.28. The molecule has 3 rings (SSSR count). The van der Waals surface area contributed by atoms with Crippen LogP contribution in [0.5, 0.6) is 11.5 Å². The summed E-state index contributed by atoms with van der Waals surface area (Å²) in [7, 11) is -3.38. The molecular formula is C21H21O3P. The average Bonchev–Trinajstić information content (AvgIpc) is 2.64. The Morgan fingerprint density at radius 3 is 1.56 bits per heavy atom. The highest BCUT2D eigenvalue weighted by molar-refractivity contribution is 7.54. The lowest BCUT2D eigenvalue weighted by Gasteiger charge is -2.23. The fourth-order valence-corrected chi connectivity index (χ4v) is 4.55. The predicted molar refractivity (Wildman–Crippen MR) is 101 cm³/mol. The minimum Gasteiger partial charge on any atom is -0.416 e. The summed E-state index contributed by atoms with van der Waals surface area (Å²) < 4.78 is 25.2. The molecule has 0 spiro atoms. The van der Waals surface area contributed by atoms with Crippen LogP contribution in [0.3, 0.4) is 0 Å². The Bertz CT molecular complexity index is 774. The molecule has 0 aliphatic heterocycles. The molecule has 0 aliphatic carbocycles. The number of para-hydroxylation sites is 2. The maximum Gasteiger partial charge on any atom is 0.431 e. The molecule has 25 heavy (non-hydrogen) atoms. The number of hydrogen-bond acceptors (Lipinski definition) is 3. The highest BCUT2D eigenvalue weighted by Gasteiger charge is 2.31. The first-order valence-corrected chi connectivity index (χ1v) is 10.0. The molecule has 0 aromatic heterocycles. The highest BCUT2D eigenvalue weighted by atomic mass is 31.2. The van der Waals surface area contributed by atoms with E-state index in [9.17, 15) is 4.57 Å². The zero-order valence-electron chi connectivity index (χ0n) is 14.1. The molecule has 3 aromatic rings. The average molecular weight is 352 g/mol. The highest BCUT2D eigenvalue weighted by Crippen LogP contribution is 2.51. The van der Waals surface area contributed by atoms with Crippen LogP contribution in [0, 0.1) is 0 Å². The molecule has 128 valence electrons. The summed E-state index contributed by atoms with van der Waals surface area (Å²) in [5, 5.41) is 0. The maximum atomic E-state index is 13.5. The van der Waals surface area contributed by atoms with Crippen molar-refractivity contribution in [3.8, 4) is 11.5 Å². The van der Waals surface area contributed by atoms with Crippen LogP contribution in [-0.4, -0.2) is 6.16 Å². The molecule has 1 atom stereocenters. The number of hydrogen-bond donors (Lipinski definition) is 0. The van der Waals surface area contributed by atoms with E-state index in [1.165, 1.54) is 0 Å². The van der Waals surface area contributed by atoms with Gasteiger partial charge in [0.15, 0.2) is 0 Å². The summed E-state index contributed by atoms with van der Waals surface area (Å²) >= 11 is 0. The lowest BCUT2D eigenvalue weighted by atomic mass is 10.0. The van der Waals surface area contributed by atoms with Gasteiger partial charge in [0.1, 0.15) is 11.5 Å². The zero-order chi connectivity index (χ0) is 17.5. The molecule has 0 saturated carbocycles. The molecule has 0 aliphatic rings. The fourth-order valence-electron chi connectivity index (χ4n) is 2.60. The molecule has 0 heterocycles. The van der Waals surface area contributed by atoms with Crippen molar-refractivity contribution in [3.63, 3.8) is 0 Å². The van der Waals surface area contributed by atoms with Gasteiger partial charge in [-0.1, -0.05) is 73.7 Å². The summed E-state index contributed by atoms with van der Waals surface area (Å²) in [6.45, 7) is 2.03. The van der Waals surface area contributed by atoms with Crippen LogP contribution in [0.2, 0.25) is 0 Å². The largest absolute Gasteiger partial charge is 0.431 e. The smallest absolute Gasteiger partial charge is 0.416 e. The van der Waals surface area contributed by atoms with Crippen molar-refractivity contribution in [2.75, 3.05) is 6.16 Å². The fraction of sp³-hybridized carbons (Fsp3) is 0.143. The molecule has 0 amide bonds. The minimum atomic E-state index is -3.38. The van der Waals surface area contributed by atoms with Gasteiger partial charge in [0.25, 0.3) is 0 Å². The van der Waals surface area contributed by atoms with E-state index in [1.54, 1.807) is 24.3 Å². The Kier molecular flexibility index (Phi) is 5.57. The van der Waals surface area contributed by atoms with Crippen LogP contribution in [0.4, 0.5) is 0 Å². The SMILES string of the molecule is C[C@H](CP(=O)(Oc1ccccc1)Oc1ccccc1)c1ccccc1. The zero-order valence-corrected chi connectivity index (χ0v) is 15.0. The lowest BCUT2D eigenvalue weighted by Crippen LogP contribution is -2.10. The van der Waals surface area contributed by atoms with Crippen molar-refractivity contribution in [1.29, 1.82) is 0 Å². The van der Waals surface area contributed by atoms with Crippen molar-refractivity contribution < 1.29 is 13.6 Å². The second-order valence-electron chi connectivity index (χ2n) is 5.91. The third-order valence-electron chi connectivity index (χ3n) is 3.84. The Morgan fingerprint density at radius 1 is 0.720 bits per heavy atom. The van der Waals surface area contributed by atoms with E-state index in [1.807, 2.05) is 73.7 Å². The molecule has 0 bridgehead atoms. The van der Waals surface area contributed by atoms with Crippen LogP contribution in [0.1, 0.15) is 18.4 Å². The first kappa shape index (κ1) is 17.3. The van der Waals surface area contributed by atoms with Gasteiger partial charge in [-0.25, -0.2) is 4.57 Å². The van der Waals surface area contributed by atoms with Gasteiger partial charge >= 0.3 is 7.60 Å². The quantitative estimate of drug-likeness (QED) is 0.479. The van der Waals surface area contributed by atoms with E-state index < -0.39 is 7.60 Å². The minimum absolute atomic E-state index is 0.0412. The van der Waals surface area contributed by atoms with Gasteiger partial charge in [-0.3, -0.25) is 0 Å². The molecule has 0 fully saturated rings. The first-order chi connectivity index (χ1) is 12.1. The van der Waals surface area contributed by atoms with Crippen molar-refractivity contribution in [1.82, 2.24) is 0 Å². The van der Waals surface area contributed by atoms with Crippen LogP contribution in [0.25, 0.3) is 0 Å². The predicted octanol–water partition coefficient (Wildman–Crippen LogP) is 6.14. The molecular weight excluding hydrogens is 331 g/mol. The van der Waals surface area contributed by atoms with Gasteiger partial charge in [-0.05, 0) is 35.7 Å². The molecule has 0 N–H and O–H groups in total. The van der Waals surface area contributed by atoms with E-state index in [0.29, 0.717) is 17.7 Å². The molecule has 0 radical (unpaired) electrons. The monoisotopic (exact) mass is 352 g/mol. The van der Waals surface area contributed by atoms with Crippen LogP contribution >= 0.6 is 7.60 Å². The third-order valence-corrected chi connectivity index (χ3v) is 5.81. The van der Waals surface area contributed by atoms with Crippen molar-refractivity contribution >= 4 is 7.60 Å². The molecule has 3 aromatic carbocycles. The maximum absolute atomic E-state index is 13.5. The van der Waals surface area contributed by atoms with Gasteiger partial charge in [0, 0.05) is 0 Å². The third kappa shape index (κ3) is 4.98. The summed E-state index contributed by atoms with van der Waals surface area (Å²) in [6, 6.07) is 28.3. The van der Waals surface area contributed by atoms with E-state index in [-0.39, 0.29) is 5.92 Å². The van der Waals surface area contributed by atoms with Gasteiger partial charge < -0.3 is 9.05 Å². The van der Waals surface area contributed by atoms with Gasteiger partial charge in [0.2, 0.25) is 0 Å². The van der Waals surface area contributed by atoms with E-state index >= 15 is 0 Å². The lowest BCUT2D eigenvalue weighted by molar-refractivity contribution is 0.382. The summed E-state index contributed by atoms with van der Waals surface area (Å²) in [5.74, 6) is 1.13. The van der Waals surface area contributed by atoms with E-state index in [2.05, 4.69) is 0 Å². The van der Waals surface area contributed by atoms with Gasteiger partial charge in [-0.15, -0.1) is 0 Å². The second-order valence-corrected chi connectivity index (χ2v) is 7.87. The van der Waals surface area contributed by atoms with Crippen molar-refractivity contribution in [3.05, 3.63) is 96.6 Å². The molecule has 4 heteroatoms. The van der Waals surface area contributed by atoms with Crippen LogP contribution in [-0.2, 0) is 4.57 Å². The molecule has 0 unspecified atom stereocenters. The molecule has 3 nitrogen and oxygen atoms in total. The Balaban J connectivity index is 1.84. The van der Waals surface area contributed by atoms with Gasteiger partial charge in [0.05, 0.1) is 6.16 Å². The van der Waals surface area contributed by atoms with E-state index in [0.717, 1.165) is 5.56 Å². The Labute approximate surface area is 148 Å². The van der Waals surface area contributed by atoms with Crippen molar-refractivity contribution in [2.24, 2.45) is 0 Å². The Morgan fingerprint density at radius 2 is 1.12 bits per heavy atom. The van der Waals surface area contributed by atoms with Gasteiger partial charge in [-0.2, -0.15) is 0 Å². The second kappa shape index (κ2) is 8.04. The Hall–Kier alpha value is -2.51. The topological polar surface area (TPSA) is 35.5 Å². The standard InChI is InChI=1S/C21H21O3P/c1-18(19-11-5-2-6-12-19)17-25(22,23-20-13-7-3-8-14-20)24-21-15-9-4-10-16-21/h2-16,18H,17H2,1H3/t18-/m1/s1. The van der Waals surface area contributed by atoms with E-state index in [4.69, 9.17) is 9.05 Å². The van der Waals surface area contributed by atoms with Crippen LogP contribution in [0.15, 0.2) is 91.0 Å². The summed E-state index contributed by atoms with van der Waals surface area (Å²) in [6.07, 6.45) is 0.292. The van der Waals surface area contributed by atoms with Crippen molar-refractivity contribution in [2.45, 2.75) is 12.8 Å². The summed E-state index contributed by atoms with van der Waals surface area (Å²) in [5.41, 5.74) is 1.11. The summed E-state index contributed by atoms with van der Waals surface area (Å²) in [4.78, 5) is 0. The normalized spacial score (nSPS) is 12.4.